The molecule has 11 nitrogen and oxygen atoms in total. The van der Waals surface area contributed by atoms with Gasteiger partial charge >= 0.3 is 5.69 Å². The van der Waals surface area contributed by atoms with Crippen LogP contribution in [0.2, 0.25) is 0 Å². The number of imidazole rings is 1. The van der Waals surface area contributed by atoms with Crippen molar-refractivity contribution in [3.63, 3.8) is 0 Å². The second-order valence-corrected chi connectivity index (χ2v) is 10.8. The van der Waals surface area contributed by atoms with Gasteiger partial charge in [-0.2, -0.15) is 10.2 Å². The topological polar surface area (TPSA) is 113 Å². The van der Waals surface area contributed by atoms with Crippen molar-refractivity contribution in [1.82, 2.24) is 43.5 Å². The fourth-order valence-corrected chi connectivity index (χ4v) is 6.25. The molecule has 0 saturated carbocycles. The van der Waals surface area contributed by atoms with Gasteiger partial charge in [-0.1, -0.05) is 6.07 Å². The van der Waals surface area contributed by atoms with Gasteiger partial charge in [0.1, 0.15) is 5.65 Å². The molecule has 1 fully saturated rings. The maximum absolute atomic E-state index is 13.7. The van der Waals surface area contributed by atoms with Gasteiger partial charge in [0.2, 0.25) is 0 Å². The predicted octanol–water partition coefficient (Wildman–Crippen LogP) is 2.37. The Bertz CT molecular complexity index is 2230. The fraction of sp³-hybridized carbons (Fsp3) is 0.250. The number of ether oxygens (including phenoxy) is 1. The number of H-pyrrole nitrogens is 1. The van der Waals surface area contributed by atoms with Crippen molar-refractivity contribution < 1.29 is 4.74 Å². The third kappa shape index (κ3) is 3.57. The van der Waals surface area contributed by atoms with E-state index in [-0.39, 0.29) is 11.7 Å². The van der Waals surface area contributed by atoms with Crippen molar-refractivity contribution in [2.45, 2.75) is 24.1 Å². The molecule has 0 unspecified atom stereocenters. The fourth-order valence-electron chi connectivity index (χ4n) is 6.25. The highest BCUT2D eigenvalue weighted by atomic mass is 16.5. The SMILES string of the molecule is [B]C([B])([B])n1ncc2cc(-c3c(-c4cnn5cccnc45)[nH]c4ncc5c(c34)n(C3CCOCC3)c(=O)n5C)ccc21. The Morgan fingerprint density at radius 2 is 1.88 bits per heavy atom. The first-order valence-electron chi connectivity index (χ1n) is 13.6. The number of hydrogen-bond donors (Lipinski definition) is 1. The molecule has 7 heterocycles. The van der Waals surface area contributed by atoms with E-state index in [1.165, 1.54) is 4.68 Å². The molecule has 42 heavy (non-hydrogen) atoms. The standard InChI is InChI=1S/C28H22B3N9O2/c1-37-20-14-33-25-22(24(20)39(27(37)41)17-5-9-42-10-6-17)21(23(36-25)18-13-34-38-8-2-7-32-26(18)38)15-3-4-19-16(11-15)12-35-40(19)28(29,30)31/h2-4,7-8,11-14,17H,5-6,9-10H2,1H3,(H,33,36). The Morgan fingerprint density at radius 1 is 1.05 bits per heavy atom. The number of hydrogen-bond acceptors (Lipinski definition) is 6. The number of aromatic nitrogens is 9. The summed E-state index contributed by atoms with van der Waals surface area (Å²) in [6.45, 7) is 1.21. The highest BCUT2D eigenvalue weighted by Crippen LogP contribution is 2.43. The Kier molecular flexibility index (Phi) is 5.37. The molecular weight excluding hydrogens is 527 g/mol. The third-order valence-electron chi connectivity index (χ3n) is 8.20. The molecule has 200 valence electrons. The summed E-state index contributed by atoms with van der Waals surface area (Å²) < 4.78 is 12.3. The van der Waals surface area contributed by atoms with Gasteiger partial charge < -0.3 is 9.72 Å². The number of benzene rings is 1. The highest BCUT2D eigenvalue weighted by molar-refractivity contribution is 6.56. The second-order valence-electron chi connectivity index (χ2n) is 10.8. The van der Waals surface area contributed by atoms with Crippen LogP contribution in [0.4, 0.5) is 0 Å². The van der Waals surface area contributed by atoms with Crippen LogP contribution >= 0.6 is 0 Å². The van der Waals surface area contributed by atoms with Crippen LogP contribution < -0.4 is 5.69 Å². The van der Waals surface area contributed by atoms with E-state index in [0.29, 0.717) is 30.0 Å². The van der Waals surface area contributed by atoms with Crippen molar-refractivity contribution in [3.05, 3.63) is 65.7 Å². The Morgan fingerprint density at radius 3 is 2.69 bits per heavy atom. The lowest BCUT2D eigenvalue weighted by atomic mass is 9.49. The summed E-state index contributed by atoms with van der Waals surface area (Å²) in [7, 11) is 19.7. The average molecular weight is 549 g/mol. The van der Waals surface area contributed by atoms with E-state index < -0.39 is 5.24 Å². The van der Waals surface area contributed by atoms with Gasteiger partial charge in [0.05, 0.1) is 75.3 Å². The maximum atomic E-state index is 13.7. The first kappa shape index (κ1) is 25.2. The summed E-state index contributed by atoms with van der Waals surface area (Å²) in [4.78, 5) is 26.7. The molecular formula is C28H22B3N9O2. The van der Waals surface area contributed by atoms with Crippen molar-refractivity contribution in [2.75, 3.05) is 13.2 Å². The van der Waals surface area contributed by atoms with Crippen molar-refractivity contribution in [1.29, 1.82) is 0 Å². The van der Waals surface area contributed by atoms with Crippen molar-refractivity contribution in [2.24, 2.45) is 7.05 Å². The van der Waals surface area contributed by atoms with Gasteiger partial charge in [0, 0.05) is 49.6 Å². The number of nitrogens with one attached hydrogen (secondary N) is 1. The molecule has 0 bridgehead atoms. The first-order chi connectivity index (χ1) is 20.3. The lowest BCUT2D eigenvalue weighted by Gasteiger charge is -2.23. The number of rotatable bonds is 4. The van der Waals surface area contributed by atoms with Crippen molar-refractivity contribution >= 4 is 62.2 Å². The van der Waals surface area contributed by atoms with Gasteiger partial charge in [-0.25, -0.2) is 19.3 Å². The zero-order valence-electron chi connectivity index (χ0n) is 22.7. The van der Waals surface area contributed by atoms with E-state index >= 15 is 0 Å². The second kappa shape index (κ2) is 8.96. The van der Waals surface area contributed by atoms with Gasteiger partial charge in [0.25, 0.3) is 0 Å². The molecule has 1 aliphatic rings. The minimum Gasteiger partial charge on any atom is -0.381 e. The van der Waals surface area contributed by atoms with Gasteiger partial charge in [0.15, 0.2) is 5.65 Å². The summed E-state index contributed by atoms with van der Waals surface area (Å²) in [5.74, 6) is 0. The van der Waals surface area contributed by atoms with Crippen LogP contribution in [0.15, 0.2) is 60.0 Å². The third-order valence-corrected chi connectivity index (χ3v) is 8.20. The summed E-state index contributed by atoms with van der Waals surface area (Å²) in [6, 6.07) is 7.69. The Hall–Kier alpha value is -4.58. The average Bonchev–Trinajstić information content (AvgIpc) is 3.75. The maximum Gasteiger partial charge on any atom is 0.329 e. The lowest BCUT2D eigenvalue weighted by Crippen LogP contribution is -2.35. The van der Waals surface area contributed by atoms with Crippen LogP contribution in [0, 0.1) is 0 Å². The largest absolute Gasteiger partial charge is 0.381 e. The quantitative estimate of drug-likeness (QED) is 0.338. The molecule has 14 heteroatoms. The number of aryl methyl sites for hydroxylation is 1. The monoisotopic (exact) mass is 549 g/mol. The normalized spacial score (nSPS) is 15.1. The molecule has 6 aromatic heterocycles. The summed E-state index contributed by atoms with van der Waals surface area (Å²) in [6.07, 6.45) is 10.3. The molecule has 0 spiro atoms. The lowest BCUT2D eigenvalue weighted by molar-refractivity contribution is 0.0697. The number of pyridine rings is 1. The van der Waals surface area contributed by atoms with Crippen LogP contribution in [0.5, 0.6) is 0 Å². The van der Waals surface area contributed by atoms with E-state index in [9.17, 15) is 4.79 Å². The minimum absolute atomic E-state index is 0.00195. The number of fused-ring (bicyclic) bond motifs is 5. The summed E-state index contributed by atoms with van der Waals surface area (Å²) in [5, 5.41) is 8.86. The molecule has 1 N–H and O–H groups in total. The van der Waals surface area contributed by atoms with Crippen molar-refractivity contribution in [3.8, 4) is 22.4 Å². The van der Waals surface area contributed by atoms with Gasteiger partial charge in [-0.15, -0.1) is 0 Å². The molecule has 1 aliphatic heterocycles. The van der Waals surface area contributed by atoms with Crippen LogP contribution in [0.25, 0.3) is 61.0 Å². The van der Waals surface area contributed by atoms with Crippen LogP contribution in [0.1, 0.15) is 18.9 Å². The molecule has 1 saturated heterocycles. The van der Waals surface area contributed by atoms with Crippen LogP contribution in [-0.2, 0) is 17.0 Å². The van der Waals surface area contributed by atoms with E-state index in [2.05, 4.69) is 20.2 Å². The van der Waals surface area contributed by atoms with E-state index in [0.717, 1.165) is 57.0 Å². The zero-order chi connectivity index (χ0) is 28.7. The predicted molar refractivity (Wildman–Crippen MR) is 162 cm³/mol. The molecule has 8 rings (SSSR count). The van der Waals surface area contributed by atoms with Gasteiger partial charge in [-0.3, -0.25) is 13.8 Å². The van der Waals surface area contributed by atoms with E-state index in [1.807, 2.05) is 35.0 Å². The molecule has 0 amide bonds. The molecule has 7 aromatic rings. The smallest absolute Gasteiger partial charge is 0.329 e. The highest BCUT2D eigenvalue weighted by Gasteiger charge is 2.28. The van der Waals surface area contributed by atoms with E-state index in [1.54, 1.807) is 40.9 Å². The molecule has 6 radical (unpaired) electrons. The summed E-state index contributed by atoms with van der Waals surface area (Å²) >= 11 is 0. The Balaban J connectivity index is 1.50. The number of aromatic amines is 1. The van der Waals surface area contributed by atoms with Crippen LogP contribution in [0.3, 0.4) is 0 Å². The summed E-state index contributed by atoms with van der Waals surface area (Å²) in [5.41, 5.74) is 6.83. The molecule has 0 atom stereocenters. The van der Waals surface area contributed by atoms with E-state index in [4.69, 9.17) is 33.3 Å². The minimum atomic E-state index is -1.65. The first-order valence-corrected chi connectivity index (χ1v) is 13.6. The molecule has 1 aromatic carbocycles. The van der Waals surface area contributed by atoms with Gasteiger partial charge in [-0.05, 0) is 41.8 Å². The Labute approximate surface area is 242 Å². The van der Waals surface area contributed by atoms with Crippen LogP contribution in [-0.4, -0.2) is 80.2 Å². The molecule has 0 aliphatic carbocycles. The zero-order valence-corrected chi connectivity index (χ0v) is 22.7. The number of nitrogens with zero attached hydrogens (tertiary/aromatic N) is 8.